The van der Waals surface area contributed by atoms with Gasteiger partial charge in [0.25, 0.3) is 11.8 Å². The predicted octanol–water partition coefficient (Wildman–Crippen LogP) is 4.62. The van der Waals surface area contributed by atoms with Crippen molar-refractivity contribution >= 4 is 41.2 Å². The van der Waals surface area contributed by atoms with Gasteiger partial charge in [-0.15, -0.1) is 0 Å². The van der Waals surface area contributed by atoms with Gasteiger partial charge in [-0.2, -0.15) is 5.10 Å². The molecule has 2 saturated carbocycles. The summed E-state index contributed by atoms with van der Waals surface area (Å²) in [7, 11) is 1.98. The second-order valence-corrected chi connectivity index (χ2v) is 17.5. The van der Waals surface area contributed by atoms with E-state index in [4.69, 9.17) is 35.5 Å². The van der Waals surface area contributed by atoms with Crippen LogP contribution in [-0.2, 0) is 50.4 Å². The van der Waals surface area contributed by atoms with E-state index >= 15 is 0 Å². The van der Waals surface area contributed by atoms with Crippen molar-refractivity contribution in [1.29, 1.82) is 0 Å². The number of carbonyl (C=O) groups is 4. The van der Waals surface area contributed by atoms with Crippen LogP contribution in [0.5, 0.6) is 5.75 Å². The number of aromatic nitrogens is 4. The van der Waals surface area contributed by atoms with E-state index in [1.807, 2.05) is 42.2 Å². The second kappa shape index (κ2) is 22.3. The molecule has 2 aliphatic carbocycles. The molecular weight excluding hydrogens is 854 g/mol. The zero-order chi connectivity index (χ0) is 45.1. The lowest BCUT2D eigenvalue weighted by atomic mass is 9.91. The number of nitrogens with zero attached hydrogens (tertiary/aromatic N) is 5. The molecule has 1 atom stereocenters. The van der Waals surface area contributed by atoms with Gasteiger partial charge >= 0.3 is 0 Å². The average molecular weight is 912 g/mol. The molecule has 346 valence electrons. The third kappa shape index (κ3) is 12.1. The van der Waals surface area contributed by atoms with Crippen molar-refractivity contribution in [3.8, 4) is 17.0 Å². The SMILES string of the molecule is Cn1ncc(-c2nc(NC3CCC(NCCOCCOCCOCCNCc4ccc(COc5cccc6c5C(=O)N([C@H]5CCC(=O)NC5=O)C6=O)cc4)CC3)ncc2Cl)c1CC1CC1. The lowest BCUT2D eigenvalue weighted by Gasteiger charge is -2.29. The molecule has 4 heterocycles. The highest BCUT2D eigenvalue weighted by molar-refractivity contribution is 6.33. The molecule has 2 aromatic heterocycles. The first-order valence-electron chi connectivity index (χ1n) is 22.7. The standard InChI is InChI=1S/C47H58ClN9O8/c1-56-39(25-30-5-6-30)36(27-52-56)43-37(48)28-51-47(55-43)53-34-13-11-33(12-14-34)50-18-20-63-22-24-64-23-21-62-19-17-49-26-31-7-9-32(10-8-31)29-65-40-4-2-3-35-42(40)46(61)57(45(35)60)38-15-16-41(58)54-44(38)59/h2-4,7-10,27-28,30,33-34,38,49-50H,5-6,11-26,29H2,1H3,(H,51,53,55)(H,54,58,59)/t33?,34?,38-/m0/s1. The molecule has 1 saturated heterocycles. The number of carbonyl (C=O) groups excluding carboxylic acids is 4. The second-order valence-electron chi connectivity index (χ2n) is 17.1. The number of anilines is 1. The molecule has 2 aliphatic heterocycles. The smallest absolute Gasteiger partial charge is 0.266 e. The maximum atomic E-state index is 13.3. The number of ether oxygens (including phenoxy) is 4. The van der Waals surface area contributed by atoms with Crippen molar-refractivity contribution < 1.29 is 38.1 Å². The largest absolute Gasteiger partial charge is 0.488 e. The maximum absolute atomic E-state index is 13.3. The van der Waals surface area contributed by atoms with E-state index in [9.17, 15) is 19.2 Å². The van der Waals surface area contributed by atoms with Gasteiger partial charge < -0.3 is 34.9 Å². The lowest BCUT2D eigenvalue weighted by molar-refractivity contribution is -0.136. The molecule has 4 amide bonds. The number of rotatable bonds is 24. The fourth-order valence-corrected chi connectivity index (χ4v) is 8.71. The van der Waals surface area contributed by atoms with Gasteiger partial charge in [0.2, 0.25) is 17.8 Å². The summed E-state index contributed by atoms with van der Waals surface area (Å²) in [5.41, 5.74) is 5.21. The molecular formula is C47H58ClN9O8. The van der Waals surface area contributed by atoms with Crippen LogP contribution in [0.1, 0.15) is 88.9 Å². The highest BCUT2D eigenvalue weighted by Gasteiger charge is 2.46. The van der Waals surface area contributed by atoms with Gasteiger partial charge in [0.15, 0.2) is 0 Å². The van der Waals surface area contributed by atoms with Crippen molar-refractivity contribution in [3.05, 3.63) is 87.8 Å². The number of fused-ring (bicyclic) bond motifs is 1. The average Bonchev–Trinajstić information content (AvgIpc) is 4.01. The fourth-order valence-electron chi connectivity index (χ4n) is 8.52. The summed E-state index contributed by atoms with van der Waals surface area (Å²) in [4.78, 5) is 60.7. The lowest BCUT2D eigenvalue weighted by Crippen LogP contribution is -2.54. The Balaban J connectivity index is 0.623. The van der Waals surface area contributed by atoms with E-state index < -0.39 is 29.7 Å². The molecule has 0 unspecified atom stereocenters. The summed E-state index contributed by atoms with van der Waals surface area (Å²) < 4.78 is 25.1. The van der Waals surface area contributed by atoms with Gasteiger partial charge in [0.1, 0.15) is 18.4 Å². The quantitative estimate of drug-likeness (QED) is 0.0561. The normalized spacial score (nSPS) is 19.7. The van der Waals surface area contributed by atoms with Crippen LogP contribution < -0.4 is 26.0 Å². The van der Waals surface area contributed by atoms with Crippen LogP contribution in [0.25, 0.3) is 11.3 Å². The molecule has 8 rings (SSSR count). The minimum Gasteiger partial charge on any atom is -0.488 e. The Kier molecular flexibility index (Phi) is 15.8. The van der Waals surface area contributed by atoms with E-state index in [2.05, 4.69) is 31.3 Å². The van der Waals surface area contributed by atoms with Crippen LogP contribution in [0.2, 0.25) is 5.02 Å². The number of hydrogen-bond donors (Lipinski definition) is 4. The number of piperidine rings is 1. The Morgan fingerprint density at radius 1 is 0.785 bits per heavy atom. The number of hydrogen-bond acceptors (Lipinski definition) is 14. The van der Waals surface area contributed by atoms with E-state index in [1.165, 1.54) is 18.5 Å². The highest BCUT2D eigenvalue weighted by Crippen LogP contribution is 2.37. The van der Waals surface area contributed by atoms with E-state index in [1.54, 1.807) is 24.4 Å². The number of imide groups is 2. The number of amides is 4. The van der Waals surface area contributed by atoms with Crippen molar-refractivity contribution in [2.24, 2.45) is 13.0 Å². The molecule has 18 heteroatoms. The van der Waals surface area contributed by atoms with Gasteiger partial charge in [0, 0.05) is 56.4 Å². The molecule has 0 spiro atoms. The third-order valence-electron chi connectivity index (χ3n) is 12.3. The Bertz CT molecular complexity index is 2300. The third-order valence-corrected chi connectivity index (χ3v) is 12.6. The van der Waals surface area contributed by atoms with Crippen molar-refractivity contribution in [1.82, 2.24) is 40.6 Å². The number of halogens is 1. The Hall–Kier alpha value is -5.30. The van der Waals surface area contributed by atoms with Gasteiger partial charge in [0.05, 0.1) is 73.9 Å². The van der Waals surface area contributed by atoms with Gasteiger partial charge in [-0.3, -0.25) is 34.1 Å². The summed E-state index contributed by atoms with van der Waals surface area (Å²) >= 11 is 6.57. The van der Waals surface area contributed by atoms with Crippen molar-refractivity contribution in [3.63, 3.8) is 0 Å². The molecule has 65 heavy (non-hydrogen) atoms. The first-order chi connectivity index (χ1) is 31.7. The van der Waals surface area contributed by atoms with Crippen LogP contribution in [0.3, 0.4) is 0 Å². The molecule has 2 aromatic carbocycles. The summed E-state index contributed by atoms with van der Waals surface area (Å²) in [5.74, 6) is -0.621. The van der Waals surface area contributed by atoms with Crippen molar-refractivity contribution in [2.45, 2.75) is 89.1 Å². The van der Waals surface area contributed by atoms with Crippen molar-refractivity contribution in [2.75, 3.05) is 58.0 Å². The van der Waals surface area contributed by atoms with Gasteiger partial charge in [-0.25, -0.2) is 9.97 Å². The van der Waals surface area contributed by atoms with Crippen LogP contribution in [0, 0.1) is 5.92 Å². The minimum absolute atomic E-state index is 0.0583. The summed E-state index contributed by atoms with van der Waals surface area (Å²) in [6.45, 7) is 5.59. The van der Waals surface area contributed by atoms with E-state index in [-0.39, 0.29) is 36.3 Å². The predicted molar refractivity (Wildman–Crippen MR) is 241 cm³/mol. The van der Waals surface area contributed by atoms with E-state index in [0.717, 1.165) is 71.9 Å². The molecule has 3 fully saturated rings. The Morgan fingerprint density at radius 2 is 1.49 bits per heavy atom. The van der Waals surface area contributed by atoms with E-state index in [0.29, 0.717) is 75.8 Å². The molecule has 17 nitrogen and oxygen atoms in total. The molecule has 4 N–H and O–H groups in total. The summed E-state index contributed by atoms with van der Waals surface area (Å²) in [6.07, 6.45) is 11.5. The monoisotopic (exact) mass is 911 g/mol. The van der Waals surface area contributed by atoms with Crippen LogP contribution >= 0.6 is 11.6 Å². The number of benzene rings is 2. The first kappa shape index (κ1) is 46.2. The number of nitrogens with one attached hydrogen (secondary N) is 4. The Labute approximate surface area is 383 Å². The zero-order valence-electron chi connectivity index (χ0n) is 36.8. The van der Waals surface area contributed by atoms with Crippen LogP contribution in [-0.4, -0.2) is 119 Å². The van der Waals surface area contributed by atoms with Gasteiger partial charge in [-0.05, 0) is 80.5 Å². The highest BCUT2D eigenvalue weighted by atomic mass is 35.5. The van der Waals surface area contributed by atoms with Crippen LogP contribution in [0.4, 0.5) is 5.95 Å². The zero-order valence-corrected chi connectivity index (χ0v) is 37.6. The maximum Gasteiger partial charge on any atom is 0.266 e. The summed E-state index contributed by atoms with van der Waals surface area (Å²) in [6, 6.07) is 12.5. The Morgan fingerprint density at radius 3 is 2.23 bits per heavy atom. The van der Waals surface area contributed by atoms with Gasteiger partial charge in [-0.1, -0.05) is 41.9 Å². The minimum atomic E-state index is -1.03. The van der Waals surface area contributed by atoms with Crippen LogP contribution in [0.15, 0.2) is 54.9 Å². The first-order valence-corrected chi connectivity index (χ1v) is 23.1. The summed E-state index contributed by atoms with van der Waals surface area (Å²) in [5, 5.41) is 17.8. The topological polar surface area (TPSA) is 200 Å². The molecule has 0 radical (unpaired) electrons. The molecule has 4 aliphatic rings. The molecule has 4 aromatic rings. The number of aryl methyl sites for hydroxylation is 1. The molecule has 0 bridgehead atoms. The fraction of sp³-hybridized carbons (Fsp3) is 0.511.